The maximum absolute atomic E-state index is 13.8. The minimum Gasteiger partial charge on any atom is -0.391 e. The fourth-order valence-electron chi connectivity index (χ4n) is 3.07. The van der Waals surface area contributed by atoms with Gasteiger partial charge in [-0.1, -0.05) is 0 Å². The number of aliphatic hydroxyl groups excluding tert-OH is 1. The smallest absolute Gasteiger partial charge is 0.261 e. The van der Waals surface area contributed by atoms with Crippen LogP contribution < -0.4 is 10.9 Å². The first kappa shape index (κ1) is 24.2. The second-order valence-corrected chi connectivity index (χ2v) is 7.04. The number of hydrogen-bond donors (Lipinski definition) is 2. The fraction of sp³-hybridized carbons (Fsp3) is 0.471. The molecule has 0 saturated carbocycles. The van der Waals surface area contributed by atoms with E-state index in [2.05, 4.69) is 10.3 Å². The standard InChI is InChI=1S/C17H20FN3O3S.2BrH/c1-25-16-6-11-13(7-12(16)18)20-9-21(17(11)24)8-10(22)5-14-15(23)3-2-4-19-14;;/h6-7,9,14-15,19,23H,2-5,8H2,1H3;2*1H/t14-,15+;;/m1../s1. The van der Waals surface area contributed by atoms with Crippen molar-refractivity contribution in [2.24, 2.45) is 0 Å². The largest absolute Gasteiger partial charge is 0.391 e. The van der Waals surface area contributed by atoms with Gasteiger partial charge in [-0.15, -0.1) is 45.7 Å². The van der Waals surface area contributed by atoms with E-state index in [0.29, 0.717) is 11.3 Å². The molecule has 1 aromatic heterocycles. The molecule has 2 heterocycles. The van der Waals surface area contributed by atoms with Crippen LogP contribution in [0.25, 0.3) is 10.9 Å². The van der Waals surface area contributed by atoms with Crippen molar-refractivity contribution in [2.75, 3.05) is 12.8 Å². The highest BCUT2D eigenvalue weighted by atomic mass is 79.9. The van der Waals surface area contributed by atoms with Crippen LogP contribution in [-0.4, -0.2) is 45.4 Å². The van der Waals surface area contributed by atoms with Crippen molar-refractivity contribution in [2.45, 2.75) is 42.8 Å². The van der Waals surface area contributed by atoms with Gasteiger partial charge in [-0.2, -0.15) is 0 Å². The van der Waals surface area contributed by atoms with Crippen LogP contribution in [0.1, 0.15) is 19.3 Å². The van der Waals surface area contributed by atoms with E-state index in [4.69, 9.17) is 0 Å². The number of aromatic nitrogens is 2. The molecule has 150 valence electrons. The third-order valence-electron chi connectivity index (χ3n) is 4.44. The summed E-state index contributed by atoms with van der Waals surface area (Å²) in [7, 11) is 0. The molecular formula is C17H22Br2FN3O3S. The molecule has 1 aromatic carbocycles. The average Bonchev–Trinajstić information content (AvgIpc) is 2.59. The van der Waals surface area contributed by atoms with Crippen LogP contribution in [0.15, 0.2) is 28.2 Å². The van der Waals surface area contributed by atoms with Crippen molar-refractivity contribution in [1.82, 2.24) is 14.9 Å². The Hall–Kier alpha value is -0.810. The van der Waals surface area contributed by atoms with E-state index >= 15 is 0 Å². The Labute approximate surface area is 181 Å². The number of ketones is 1. The summed E-state index contributed by atoms with van der Waals surface area (Å²) in [5, 5.41) is 13.4. The van der Waals surface area contributed by atoms with Gasteiger partial charge in [0.15, 0.2) is 5.78 Å². The summed E-state index contributed by atoms with van der Waals surface area (Å²) >= 11 is 1.21. The van der Waals surface area contributed by atoms with Gasteiger partial charge in [-0.3, -0.25) is 14.2 Å². The van der Waals surface area contributed by atoms with E-state index in [0.717, 1.165) is 13.0 Å². The molecule has 1 aliphatic heterocycles. The molecule has 1 aliphatic rings. The van der Waals surface area contributed by atoms with E-state index in [-0.39, 0.29) is 75.2 Å². The molecule has 1 saturated heterocycles. The number of aliphatic hydroxyl groups is 1. The van der Waals surface area contributed by atoms with E-state index in [1.165, 1.54) is 34.8 Å². The second kappa shape index (κ2) is 10.7. The van der Waals surface area contributed by atoms with Crippen LogP contribution in [-0.2, 0) is 11.3 Å². The summed E-state index contributed by atoms with van der Waals surface area (Å²) in [6, 6.07) is 2.43. The molecule has 0 amide bonds. The number of nitrogens with one attached hydrogen (secondary N) is 1. The molecule has 2 atom stereocenters. The number of fused-ring (bicyclic) bond motifs is 1. The summed E-state index contributed by atoms with van der Waals surface area (Å²) in [6.07, 6.45) is 4.16. The summed E-state index contributed by atoms with van der Waals surface area (Å²) in [4.78, 5) is 29.3. The van der Waals surface area contributed by atoms with Crippen LogP contribution in [0.2, 0.25) is 0 Å². The van der Waals surface area contributed by atoms with E-state index < -0.39 is 11.9 Å². The van der Waals surface area contributed by atoms with E-state index in [1.807, 2.05) is 0 Å². The van der Waals surface area contributed by atoms with Gasteiger partial charge >= 0.3 is 0 Å². The molecule has 2 N–H and O–H groups in total. The Morgan fingerprint density at radius 1 is 1.44 bits per heavy atom. The Kier molecular flexibility index (Phi) is 9.56. The van der Waals surface area contributed by atoms with E-state index in [1.54, 1.807) is 6.26 Å². The van der Waals surface area contributed by atoms with Gasteiger partial charge in [-0.25, -0.2) is 9.37 Å². The van der Waals surface area contributed by atoms with Crippen LogP contribution in [0, 0.1) is 5.82 Å². The number of halogens is 3. The van der Waals surface area contributed by atoms with Gasteiger partial charge in [0, 0.05) is 23.4 Å². The summed E-state index contributed by atoms with van der Waals surface area (Å²) in [6.45, 7) is 0.661. The minimum absolute atomic E-state index is 0. The maximum Gasteiger partial charge on any atom is 0.261 e. The van der Waals surface area contributed by atoms with Gasteiger partial charge in [0.2, 0.25) is 0 Å². The first-order valence-electron chi connectivity index (χ1n) is 8.15. The topological polar surface area (TPSA) is 84.2 Å². The Bertz CT molecular complexity index is 865. The zero-order valence-electron chi connectivity index (χ0n) is 14.7. The number of thioether (sulfide) groups is 1. The number of benzene rings is 1. The van der Waals surface area contributed by atoms with Crippen molar-refractivity contribution >= 4 is 62.4 Å². The quantitative estimate of drug-likeness (QED) is 0.582. The molecule has 1 fully saturated rings. The number of piperidine rings is 1. The molecule has 27 heavy (non-hydrogen) atoms. The normalized spacial score (nSPS) is 19.2. The lowest BCUT2D eigenvalue weighted by Crippen LogP contribution is -2.46. The average molecular weight is 527 g/mol. The monoisotopic (exact) mass is 525 g/mol. The third kappa shape index (κ3) is 5.60. The molecule has 10 heteroatoms. The highest BCUT2D eigenvalue weighted by molar-refractivity contribution is 8.93. The molecule has 3 rings (SSSR count). The van der Waals surface area contributed by atoms with Crippen molar-refractivity contribution in [3.63, 3.8) is 0 Å². The number of carbonyl (C=O) groups is 1. The van der Waals surface area contributed by atoms with Crippen LogP contribution >= 0.6 is 45.7 Å². The minimum atomic E-state index is -0.545. The highest BCUT2D eigenvalue weighted by Gasteiger charge is 2.25. The van der Waals surface area contributed by atoms with Crippen molar-refractivity contribution in [1.29, 1.82) is 0 Å². The van der Waals surface area contributed by atoms with Crippen molar-refractivity contribution in [3.05, 3.63) is 34.6 Å². The lowest BCUT2D eigenvalue weighted by molar-refractivity contribution is -0.121. The molecule has 0 spiro atoms. The predicted molar refractivity (Wildman–Crippen MR) is 115 cm³/mol. The number of carbonyl (C=O) groups excluding carboxylic acids is 1. The second-order valence-electron chi connectivity index (χ2n) is 6.19. The summed E-state index contributed by atoms with van der Waals surface area (Å²) in [5.41, 5.74) is -0.0980. The molecule has 6 nitrogen and oxygen atoms in total. The molecule has 0 radical (unpaired) electrons. The Morgan fingerprint density at radius 3 is 2.85 bits per heavy atom. The van der Waals surface area contributed by atoms with Crippen LogP contribution in [0.3, 0.4) is 0 Å². The third-order valence-corrected chi connectivity index (χ3v) is 5.19. The molecule has 0 bridgehead atoms. The van der Waals surface area contributed by atoms with Gasteiger partial charge < -0.3 is 10.4 Å². The van der Waals surface area contributed by atoms with Crippen LogP contribution in [0.4, 0.5) is 4.39 Å². The first-order chi connectivity index (χ1) is 12.0. The number of nitrogens with zero attached hydrogens (tertiary/aromatic N) is 2. The molecular weight excluding hydrogens is 505 g/mol. The molecule has 0 unspecified atom stereocenters. The van der Waals surface area contributed by atoms with Gasteiger partial charge in [-0.05, 0) is 31.7 Å². The van der Waals surface area contributed by atoms with Crippen molar-refractivity contribution in [3.8, 4) is 0 Å². The summed E-state index contributed by atoms with van der Waals surface area (Å²) in [5.74, 6) is -0.577. The van der Waals surface area contributed by atoms with Crippen molar-refractivity contribution < 1.29 is 14.3 Å². The van der Waals surface area contributed by atoms with Gasteiger partial charge in [0.05, 0.1) is 29.9 Å². The Balaban J connectivity index is 0.00000182. The lowest BCUT2D eigenvalue weighted by atomic mass is 9.97. The van der Waals surface area contributed by atoms with E-state index in [9.17, 15) is 19.1 Å². The highest BCUT2D eigenvalue weighted by Crippen LogP contribution is 2.22. The fourth-order valence-corrected chi connectivity index (χ4v) is 3.56. The number of rotatable bonds is 5. The van der Waals surface area contributed by atoms with Gasteiger partial charge in [0.1, 0.15) is 5.82 Å². The predicted octanol–water partition coefficient (Wildman–Crippen LogP) is 2.49. The Morgan fingerprint density at radius 2 is 2.19 bits per heavy atom. The molecule has 2 aromatic rings. The van der Waals surface area contributed by atoms with Crippen LogP contribution in [0.5, 0.6) is 0 Å². The number of hydrogen-bond acceptors (Lipinski definition) is 6. The summed E-state index contributed by atoms with van der Waals surface area (Å²) < 4.78 is 15.0. The molecule has 0 aliphatic carbocycles. The first-order valence-corrected chi connectivity index (χ1v) is 9.38. The lowest BCUT2D eigenvalue weighted by Gasteiger charge is -2.28. The van der Waals surface area contributed by atoms with Gasteiger partial charge in [0.25, 0.3) is 5.56 Å². The zero-order chi connectivity index (χ0) is 18.0. The zero-order valence-corrected chi connectivity index (χ0v) is 18.9. The SMILES string of the molecule is Br.Br.CSc1cc2c(=O)n(CC(=O)C[C@H]3NCCC[C@@H]3O)cnc2cc1F. The maximum atomic E-state index is 13.8. The number of Topliss-reactive ketones (excluding diaryl/α,β-unsaturated/α-hetero) is 1.